The number of hydrogen-bond acceptors (Lipinski definition) is 6. The zero-order valence-corrected chi connectivity index (χ0v) is 12.4. The Morgan fingerprint density at radius 1 is 1.14 bits per heavy atom. The van der Waals surface area contributed by atoms with E-state index in [0.717, 1.165) is 5.56 Å². The molecule has 0 radical (unpaired) electrons. The van der Waals surface area contributed by atoms with Crippen LogP contribution >= 0.6 is 0 Å². The molecular weight excluding hydrogens is 282 g/mol. The first kappa shape index (κ1) is 15.7. The van der Waals surface area contributed by atoms with E-state index in [4.69, 9.17) is 5.26 Å². The summed E-state index contributed by atoms with van der Waals surface area (Å²) in [6.45, 7) is 3.66. The van der Waals surface area contributed by atoms with E-state index in [0.29, 0.717) is 12.1 Å². The number of nitrogens with zero attached hydrogens (tertiary/aromatic N) is 1. The van der Waals surface area contributed by atoms with Gasteiger partial charge in [0.05, 0.1) is 23.8 Å². The van der Waals surface area contributed by atoms with Crippen molar-refractivity contribution in [1.82, 2.24) is 0 Å². The third-order valence-electron chi connectivity index (χ3n) is 3.32. The number of anilines is 2. The Morgan fingerprint density at radius 3 is 2.27 bits per heavy atom. The van der Waals surface area contributed by atoms with E-state index in [1.54, 1.807) is 38.1 Å². The molecule has 0 saturated carbocycles. The van der Waals surface area contributed by atoms with Crippen LogP contribution in [0.5, 0.6) is 0 Å². The topological polar surface area (TPSA) is 102 Å². The summed E-state index contributed by atoms with van der Waals surface area (Å²) in [6.07, 6.45) is 0. The quantitative estimate of drug-likeness (QED) is 0.686. The third-order valence-corrected chi connectivity index (χ3v) is 3.32. The van der Waals surface area contributed by atoms with Crippen LogP contribution < -0.4 is 21.5 Å². The van der Waals surface area contributed by atoms with Gasteiger partial charge < -0.3 is 15.7 Å². The second-order valence-electron chi connectivity index (χ2n) is 5.74. The number of rotatable bonds is 6. The molecule has 6 heteroatoms. The van der Waals surface area contributed by atoms with Crippen LogP contribution in [0.2, 0.25) is 0 Å². The normalized spacial score (nSPS) is 11.2. The molecule has 0 amide bonds. The van der Waals surface area contributed by atoms with E-state index < -0.39 is 16.4 Å². The van der Waals surface area contributed by atoms with Crippen molar-refractivity contribution >= 4 is 11.4 Å². The van der Waals surface area contributed by atoms with E-state index in [9.17, 15) is 14.7 Å². The molecule has 0 heterocycles. The molecule has 0 aliphatic carbocycles. The molecular formula is C16H17N3O3. The third kappa shape index (κ3) is 3.15. The Hall–Kier alpha value is -2.65. The summed E-state index contributed by atoms with van der Waals surface area (Å²) < 4.78 is 0. The van der Waals surface area contributed by atoms with Gasteiger partial charge in [-0.05, 0) is 31.5 Å². The predicted octanol–water partition coefficient (Wildman–Crippen LogP) is 0.949. The van der Waals surface area contributed by atoms with Crippen LogP contribution in [0.3, 0.4) is 0 Å². The smallest absolute Gasteiger partial charge is 0.253 e. The number of benzene rings is 1. The molecule has 2 aromatic carbocycles. The molecule has 0 bridgehead atoms. The zero-order chi connectivity index (χ0) is 16.3. The summed E-state index contributed by atoms with van der Waals surface area (Å²) in [6, 6.07) is 8.97. The molecule has 0 spiro atoms. The van der Waals surface area contributed by atoms with Gasteiger partial charge in [-0.25, -0.2) is 0 Å². The first-order valence-electron chi connectivity index (χ1n) is 6.83. The van der Waals surface area contributed by atoms with E-state index in [-0.39, 0.29) is 18.0 Å². The van der Waals surface area contributed by atoms with Gasteiger partial charge >= 0.3 is 0 Å². The lowest BCUT2D eigenvalue weighted by molar-refractivity contribution is 0.234. The van der Waals surface area contributed by atoms with Crippen molar-refractivity contribution < 1.29 is 5.11 Å². The highest BCUT2D eigenvalue weighted by Gasteiger charge is 2.26. The fourth-order valence-electron chi connectivity index (χ4n) is 1.95. The number of nitrogens with one attached hydrogen (secondary N) is 2. The van der Waals surface area contributed by atoms with E-state index >= 15 is 0 Å². The van der Waals surface area contributed by atoms with Gasteiger partial charge in [0.2, 0.25) is 0 Å². The largest absolute Gasteiger partial charge is 0.394 e. The van der Waals surface area contributed by atoms with Gasteiger partial charge in [0, 0.05) is 6.54 Å². The summed E-state index contributed by atoms with van der Waals surface area (Å²) in [5.41, 5.74) is 0.0548. The number of hydrogen-bond donors (Lipinski definition) is 3. The van der Waals surface area contributed by atoms with Gasteiger partial charge in [0.1, 0.15) is 11.4 Å². The van der Waals surface area contributed by atoms with Gasteiger partial charge in [-0.15, -0.1) is 0 Å². The number of aliphatic hydroxyl groups excluding tert-OH is 1. The van der Waals surface area contributed by atoms with E-state index in [2.05, 4.69) is 10.6 Å². The van der Waals surface area contributed by atoms with Crippen molar-refractivity contribution in [3.8, 4) is 6.07 Å². The Morgan fingerprint density at radius 2 is 1.73 bits per heavy atom. The van der Waals surface area contributed by atoms with Gasteiger partial charge in [-0.2, -0.15) is 5.26 Å². The van der Waals surface area contributed by atoms with Crippen molar-refractivity contribution in [1.29, 1.82) is 5.26 Å². The highest BCUT2D eigenvalue weighted by atomic mass is 16.3. The van der Waals surface area contributed by atoms with Crippen molar-refractivity contribution in [2.45, 2.75) is 25.9 Å². The van der Waals surface area contributed by atoms with E-state index in [1.165, 1.54) is 0 Å². The fourth-order valence-corrected chi connectivity index (χ4v) is 1.95. The Labute approximate surface area is 127 Å². The fraction of sp³-hybridized carbons (Fsp3) is 0.312. The summed E-state index contributed by atoms with van der Waals surface area (Å²) in [5.74, 6) is 0. The summed E-state index contributed by atoms with van der Waals surface area (Å²) in [4.78, 5) is 23.3. The summed E-state index contributed by atoms with van der Waals surface area (Å²) >= 11 is 0. The number of nitriles is 1. The highest BCUT2D eigenvalue weighted by Crippen LogP contribution is 2.20. The standard InChI is InChI=1S/C16H17N3O3/c1-16(2,9-20)19-13-12(14(21)15(13)22)18-8-11-5-3-10(7-17)4-6-11/h3-6,18-20H,8-9H2,1-2H3. The molecule has 6 nitrogen and oxygen atoms in total. The monoisotopic (exact) mass is 299 g/mol. The molecule has 0 saturated heterocycles. The average molecular weight is 299 g/mol. The van der Waals surface area contributed by atoms with Crippen LogP contribution in [0.4, 0.5) is 11.4 Å². The minimum Gasteiger partial charge on any atom is -0.394 e. The number of aliphatic hydroxyl groups is 1. The predicted molar refractivity (Wildman–Crippen MR) is 84.6 cm³/mol. The molecule has 22 heavy (non-hydrogen) atoms. The lowest BCUT2D eigenvalue weighted by Gasteiger charge is -2.27. The lowest BCUT2D eigenvalue weighted by Crippen LogP contribution is -2.44. The van der Waals surface area contributed by atoms with Crippen molar-refractivity contribution in [3.05, 3.63) is 55.8 Å². The molecule has 3 N–H and O–H groups in total. The molecule has 114 valence electrons. The van der Waals surface area contributed by atoms with Crippen LogP contribution in [0.25, 0.3) is 0 Å². The van der Waals surface area contributed by atoms with Gasteiger partial charge in [0.25, 0.3) is 10.9 Å². The second-order valence-corrected chi connectivity index (χ2v) is 5.74. The van der Waals surface area contributed by atoms with Crippen molar-refractivity contribution in [2.24, 2.45) is 0 Å². The first-order valence-corrected chi connectivity index (χ1v) is 6.83. The Kier molecular flexibility index (Phi) is 4.29. The van der Waals surface area contributed by atoms with Gasteiger partial charge in [-0.3, -0.25) is 9.59 Å². The molecule has 0 atom stereocenters. The molecule has 2 rings (SSSR count). The minimum absolute atomic E-state index is 0.166. The van der Waals surface area contributed by atoms with Crippen LogP contribution in [0.1, 0.15) is 25.0 Å². The average Bonchev–Trinajstić information content (AvgIpc) is 2.54. The molecule has 0 aliphatic heterocycles. The minimum atomic E-state index is -0.687. The molecule has 2 aromatic rings. The van der Waals surface area contributed by atoms with Crippen LogP contribution in [0, 0.1) is 11.3 Å². The molecule has 0 aliphatic rings. The molecule has 0 aromatic heterocycles. The first-order chi connectivity index (χ1) is 10.4. The summed E-state index contributed by atoms with van der Waals surface area (Å²) in [7, 11) is 0. The van der Waals surface area contributed by atoms with Crippen LogP contribution in [0.15, 0.2) is 33.9 Å². The maximum absolute atomic E-state index is 11.7. The maximum Gasteiger partial charge on any atom is 0.253 e. The Balaban J connectivity index is 2.10. The van der Waals surface area contributed by atoms with Crippen LogP contribution in [-0.2, 0) is 6.54 Å². The zero-order valence-electron chi connectivity index (χ0n) is 12.4. The summed E-state index contributed by atoms with van der Waals surface area (Å²) in [5, 5.41) is 23.8. The Bertz CT molecular complexity index is 778. The van der Waals surface area contributed by atoms with Gasteiger partial charge in [-0.1, -0.05) is 12.1 Å². The van der Waals surface area contributed by atoms with Crippen LogP contribution in [-0.4, -0.2) is 17.3 Å². The van der Waals surface area contributed by atoms with Crippen molar-refractivity contribution in [3.63, 3.8) is 0 Å². The molecule has 0 fully saturated rings. The van der Waals surface area contributed by atoms with E-state index in [1.807, 2.05) is 6.07 Å². The van der Waals surface area contributed by atoms with Crippen molar-refractivity contribution in [2.75, 3.05) is 17.2 Å². The van der Waals surface area contributed by atoms with Gasteiger partial charge in [0.15, 0.2) is 0 Å². The highest BCUT2D eigenvalue weighted by molar-refractivity contribution is 5.74. The SMILES string of the molecule is CC(C)(CO)Nc1c(NCc2ccc(C#N)cc2)c(=O)c1=O. The molecule has 0 unspecified atom stereocenters. The maximum atomic E-state index is 11.7. The lowest BCUT2D eigenvalue weighted by atomic mass is 10.0. The second kappa shape index (κ2) is 6.00.